The summed E-state index contributed by atoms with van der Waals surface area (Å²) in [5, 5.41) is 13.2. The molecule has 0 radical (unpaired) electrons. The molecule has 1 atom stereocenters. The minimum absolute atomic E-state index is 0.0866. The summed E-state index contributed by atoms with van der Waals surface area (Å²) in [5.41, 5.74) is 1.55. The number of rotatable bonds is 4. The first-order valence-corrected chi connectivity index (χ1v) is 5.24. The molecule has 1 N–H and O–H groups in total. The highest BCUT2D eigenvalue weighted by Gasteiger charge is 2.26. The van der Waals surface area contributed by atoms with Gasteiger partial charge in [0.1, 0.15) is 5.69 Å². The zero-order chi connectivity index (χ0) is 12.5. The molecule has 0 saturated heterocycles. The van der Waals surface area contributed by atoms with Crippen molar-refractivity contribution in [1.82, 2.24) is 9.78 Å². The van der Waals surface area contributed by atoms with Crippen molar-refractivity contribution in [2.75, 3.05) is 0 Å². The summed E-state index contributed by atoms with van der Waals surface area (Å²) in [5.74, 6) is -0.460. The van der Waals surface area contributed by atoms with Crippen LogP contribution in [0.2, 0.25) is 0 Å². The van der Waals surface area contributed by atoms with Gasteiger partial charge in [0.2, 0.25) is 0 Å². The number of carboxylic acids is 1. The molecule has 0 bridgehead atoms. The third kappa shape index (κ3) is 2.35. The smallest absolute Gasteiger partial charge is 0.345 e. The van der Waals surface area contributed by atoms with Crippen LogP contribution in [-0.4, -0.2) is 27.0 Å². The molecular formula is C11H18N2O3. The van der Waals surface area contributed by atoms with Gasteiger partial charge in [-0.1, -0.05) is 13.8 Å². The fraction of sp³-hybridized carbons (Fsp3) is 0.636. The van der Waals surface area contributed by atoms with E-state index in [0.29, 0.717) is 11.4 Å². The molecule has 1 aromatic heterocycles. The van der Waals surface area contributed by atoms with Gasteiger partial charge in [-0.25, -0.2) is 4.79 Å². The van der Waals surface area contributed by atoms with Crippen LogP contribution in [-0.2, 0) is 11.8 Å². The van der Waals surface area contributed by atoms with Crippen molar-refractivity contribution in [3.05, 3.63) is 11.4 Å². The highest BCUT2D eigenvalue weighted by Crippen LogP contribution is 2.24. The molecule has 5 nitrogen and oxygen atoms in total. The Bertz CT molecular complexity index is 396. The predicted octanol–water partition coefficient (Wildman–Crippen LogP) is 1.52. The van der Waals surface area contributed by atoms with Gasteiger partial charge in [0.05, 0.1) is 5.69 Å². The molecule has 0 amide bonds. The molecule has 0 saturated carbocycles. The lowest BCUT2D eigenvalue weighted by Crippen LogP contribution is -2.32. The standard InChI is InChI=1S/C11H18N2O3/c1-6(2)9(11(14)15)16-10-7(3)12-13(5)8(10)4/h6,9H,1-5H3,(H,14,15). The zero-order valence-corrected chi connectivity index (χ0v) is 10.3. The van der Waals surface area contributed by atoms with E-state index < -0.39 is 12.1 Å². The molecule has 1 rings (SSSR count). The molecule has 1 aromatic rings. The third-order valence-electron chi connectivity index (χ3n) is 2.54. The van der Waals surface area contributed by atoms with Gasteiger partial charge in [-0.2, -0.15) is 5.10 Å². The van der Waals surface area contributed by atoms with Gasteiger partial charge in [0, 0.05) is 13.0 Å². The van der Waals surface area contributed by atoms with Gasteiger partial charge in [-0.05, 0) is 13.8 Å². The van der Waals surface area contributed by atoms with Crippen LogP contribution in [0.1, 0.15) is 25.2 Å². The Labute approximate surface area is 95.0 Å². The Morgan fingerprint density at radius 1 is 1.44 bits per heavy atom. The molecular weight excluding hydrogens is 208 g/mol. The number of aryl methyl sites for hydroxylation is 2. The molecule has 1 heterocycles. The molecule has 0 fully saturated rings. The number of carboxylic acid groups (broad SMARTS) is 1. The van der Waals surface area contributed by atoms with Crippen LogP contribution in [0.15, 0.2) is 0 Å². The Kier molecular flexibility index (Phi) is 3.57. The normalized spacial score (nSPS) is 12.9. The van der Waals surface area contributed by atoms with Crippen LogP contribution in [0, 0.1) is 19.8 Å². The Hall–Kier alpha value is -1.52. The second kappa shape index (κ2) is 4.55. The third-order valence-corrected chi connectivity index (χ3v) is 2.54. The summed E-state index contributed by atoms with van der Waals surface area (Å²) in [7, 11) is 1.81. The van der Waals surface area contributed by atoms with E-state index in [1.165, 1.54) is 0 Å². The first-order chi connectivity index (χ1) is 7.34. The number of hydrogen-bond acceptors (Lipinski definition) is 3. The summed E-state index contributed by atoms with van der Waals surface area (Å²) in [6.45, 7) is 7.30. The van der Waals surface area contributed by atoms with Gasteiger partial charge in [0.15, 0.2) is 11.9 Å². The largest absolute Gasteiger partial charge is 0.478 e. The molecule has 5 heteroatoms. The fourth-order valence-electron chi connectivity index (χ4n) is 1.52. The molecule has 0 spiro atoms. The molecule has 0 aliphatic rings. The number of carbonyl (C=O) groups is 1. The van der Waals surface area contributed by atoms with Gasteiger partial charge < -0.3 is 9.84 Å². The monoisotopic (exact) mass is 226 g/mol. The average molecular weight is 226 g/mol. The number of nitrogens with zero attached hydrogens (tertiary/aromatic N) is 2. The van der Waals surface area contributed by atoms with Crippen LogP contribution in [0.4, 0.5) is 0 Å². The summed E-state index contributed by atoms with van der Waals surface area (Å²) in [4.78, 5) is 11.0. The molecule has 0 aliphatic carbocycles. The number of aromatic nitrogens is 2. The molecule has 16 heavy (non-hydrogen) atoms. The van der Waals surface area contributed by atoms with Crippen molar-refractivity contribution < 1.29 is 14.6 Å². The van der Waals surface area contributed by atoms with Crippen molar-refractivity contribution in [3.8, 4) is 5.75 Å². The Morgan fingerprint density at radius 3 is 2.31 bits per heavy atom. The maximum absolute atomic E-state index is 11.0. The summed E-state index contributed by atoms with van der Waals surface area (Å²) in [6, 6.07) is 0. The SMILES string of the molecule is Cc1nn(C)c(C)c1OC(C(=O)O)C(C)C. The van der Waals surface area contributed by atoms with E-state index in [2.05, 4.69) is 5.10 Å². The quantitative estimate of drug-likeness (QED) is 0.845. The summed E-state index contributed by atoms with van der Waals surface area (Å²) >= 11 is 0. The van der Waals surface area contributed by atoms with Crippen molar-refractivity contribution in [3.63, 3.8) is 0 Å². The van der Waals surface area contributed by atoms with Crippen molar-refractivity contribution in [2.24, 2.45) is 13.0 Å². The lowest BCUT2D eigenvalue weighted by molar-refractivity contribution is -0.147. The minimum atomic E-state index is -0.947. The van der Waals surface area contributed by atoms with Crippen LogP contribution in [0.3, 0.4) is 0 Å². The van der Waals surface area contributed by atoms with Crippen LogP contribution < -0.4 is 4.74 Å². The van der Waals surface area contributed by atoms with Gasteiger partial charge in [-0.3, -0.25) is 4.68 Å². The van der Waals surface area contributed by atoms with Crippen molar-refractivity contribution >= 4 is 5.97 Å². The fourth-order valence-corrected chi connectivity index (χ4v) is 1.52. The first kappa shape index (κ1) is 12.5. The molecule has 0 aromatic carbocycles. The highest BCUT2D eigenvalue weighted by molar-refractivity contribution is 5.73. The van der Waals surface area contributed by atoms with Gasteiger partial charge in [-0.15, -0.1) is 0 Å². The number of ether oxygens (including phenoxy) is 1. The van der Waals surface area contributed by atoms with Crippen LogP contribution in [0.25, 0.3) is 0 Å². The highest BCUT2D eigenvalue weighted by atomic mass is 16.5. The summed E-state index contributed by atoms with van der Waals surface area (Å²) in [6.07, 6.45) is -0.832. The topological polar surface area (TPSA) is 64.4 Å². The maximum Gasteiger partial charge on any atom is 0.345 e. The predicted molar refractivity (Wildman–Crippen MR) is 59.6 cm³/mol. The van der Waals surface area contributed by atoms with E-state index in [1.807, 2.05) is 27.7 Å². The maximum atomic E-state index is 11.0. The van der Waals surface area contributed by atoms with E-state index in [9.17, 15) is 4.79 Å². The summed E-state index contributed by atoms with van der Waals surface area (Å²) < 4.78 is 7.22. The first-order valence-electron chi connectivity index (χ1n) is 5.24. The van der Waals surface area contributed by atoms with Crippen LogP contribution in [0.5, 0.6) is 5.75 Å². The average Bonchev–Trinajstić information content (AvgIpc) is 2.38. The zero-order valence-electron chi connectivity index (χ0n) is 10.3. The Morgan fingerprint density at radius 2 is 2.00 bits per heavy atom. The van der Waals surface area contributed by atoms with E-state index in [4.69, 9.17) is 9.84 Å². The van der Waals surface area contributed by atoms with E-state index in [0.717, 1.165) is 5.69 Å². The molecule has 90 valence electrons. The molecule has 1 unspecified atom stereocenters. The number of hydrogen-bond donors (Lipinski definition) is 1. The Balaban J connectivity index is 2.98. The van der Waals surface area contributed by atoms with Gasteiger partial charge >= 0.3 is 5.97 Å². The second-order valence-electron chi connectivity index (χ2n) is 4.24. The van der Waals surface area contributed by atoms with Crippen LogP contribution >= 0.6 is 0 Å². The van der Waals surface area contributed by atoms with Crippen molar-refractivity contribution in [1.29, 1.82) is 0 Å². The molecule has 0 aliphatic heterocycles. The lowest BCUT2D eigenvalue weighted by atomic mass is 10.1. The minimum Gasteiger partial charge on any atom is -0.478 e. The number of aliphatic carboxylic acids is 1. The van der Waals surface area contributed by atoms with Gasteiger partial charge in [0.25, 0.3) is 0 Å². The second-order valence-corrected chi connectivity index (χ2v) is 4.24. The van der Waals surface area contributed by atoms with E-state index in [1.54, 1.807) is 11.7 Å². The van der Waals surface area contributed by atoms with Crippen molar-refractivity contribution in [2.45, 2.75) is 33.8 Å². The van der Waals surface area contributed by atoms with E-state index >= 15 is 0 Å². The van der Waals surface area contributed by atoms with E-state index in [-0.39, 0.29) is 5.92 Å². The lowest BCUT2D eigenvalue weighted by Gasteiger charge is -2.18.